The summed E-state index contributed by atoms with van der Waals surface area (Å²) < 4.78 is 27.0. The molecule has 2 aromatic carbocycles. The van der Waals surface area contributed by atoms with Crippen molar-refractivity contribution in [3.05, 3.63) is 64.7 Å². The molecular weight excluding hydrogens is 324 g/mol. The summed E-state index contributed by atoms with van der Waals surface area (Å²) in [5.74, 6) is -0.369. The van der Waals surface area contributed by atoms with Gasteiger partial charge in [-0.05, 0) is 43.5 Å². The van der Waals surface area contributed by atoms with E-state index in [2.05, 4.69) is 10.0 Å². The van der Waals surface area contributed by atoms with Crippen molar-refractivity contribution in [2.45, 2.75) is 32.2 Å². The van der Waals surface area contributed by atoms with Gasteiger partial charge < -0.3 is 5.32 Å². The molecule has 128 valence electrons. The lowest BCUT2D eigenvalue weighted by Crippen LogP contribution is -2.36. The third kappa shape index (κ3) is 4.66. The van der Waals surface area contributed by atoms with Gasteiger partial charge in [-0.1, -0.05) is 42.0 Å². The van der Waals surface area contributed by atoms with Crippen LogP contribution in [0.5, 0.6) is 0 Å². The maximum Gasteiger partial charge on any atom is 0.241 e. The minimum absolute atomic E-state index is 0.194. The lowest BCUT2D eigenvalue weighted by atomic mass is 10.1. The van der Waals surface area contributed by atoms with E-state index in [0.29, 0.717) is 12.1 Å². The summed E-state index contributed by atoms with van der Waals surface area (Å²) in [6, 6.07) is 12.8. The first-order valence-electron chi connectivity index (χ1n) is 7.68. The minimum Gasteiger partial charge on any atom is -0.351 e. The zero-order valence-corrected chi connectivity index (χ0v) is 14.9. The van der Waals surface area contributed by atoms with Crippen LogP contribution >= 0.6 is 0 Å². The van der Waals surface area contributed by atoms with Gasteiger partial charge in [0.05, 0.1) is 11.4 Å². The van der Waals surface area contributed by atoms with E-state index in [9.17, 15) is 13.2 Å². The summed E-state index contributed by atoms with van der Waals surface area (Å²) in [6.07, 6.45) is 0. The van der Waals surface area contributed by atoms with Crippen molar-refractivity contribution in [2.75, 3.05) is 6.54 Å². The Hall–Kier alpha value is -2.18. The predicted molar refractivity (Wildman–Crippen MR) is 94.1 cm³/mol. The first-order valence-corrected chi connectivity index (χ1v) is 9.16. The second-order valence-corrected chi connectivity index (χ2v) is 7.53. The number of nitrogens with one attached hydrogen (secondary N) is 2. The Balaban J connectivity index is 1.94. The van der Waals surface area contributed by atoms with Crippen molar-refractivity contribution in [1.29, 1.82) is 0 Å². The second kappa shape index (κ2) is 7.59. The highest BCUT2D eigenvalue weighted by Gasteiger charge is 2.17. The summed E-state index contributed by atoms with van der Waals surface area (Å²) in [5, 5.41) is 2.72. The standard InChI is InChI=1S/C18H22N2O3S/c1-13-8-9-17(15(3)10-13)24(22,23)20-12-18(21)19-11-16-7-5-4-6-14(16)2/h4-10,20H,11-12H2,1-3H3,(H,19,21). The van der Waals surface area contributed by atoms with Gasteiger partial charge in [0.25, 0.3) is 0 Å². The quantitative estimate of drug-likeness (QED) is 0.842. The van der Waals surface area contributed by atoms with E-state index in [-0.39, 0.29) is 17.3 Å². The Kier molecular flexibility index (Phi) is 5.75. The molecule has 0 aliphatic rings. The highest BCUT2D eigenvalue weighted by atomic mass is 32.2. The van der Waals surface area contributed by atoms with Crippen LogP contribution in [-0.2, 0) is 21.4 Å². The van der Waals surface area contributed by atoms with Gasteiger partial charge >= 0.3 is 0 Å². The van der Waals surface area contributed by atoms with Crippen LogP contribution in [0.2, 0.25) is 0 Å². The van der Waals surface area contributed by atoms with Crippen molar-refractivity contribution in [3.63, 3.8) is 0 Å². The largest absolute Gasteiger partial charge is 0.351 e. The van der Waals surface area contributed by atoms with Crippen LogP contribution in [0.1, 0.15) is 22.3 Å². The number of benzene rings is 2. The third-order valence-corrected chi connectivity index (χ3v) is 5.34. The van der Waals surface area contributed by atoms with E-state index < -0.39 is 10.0 Å². The summed E-state index contributed by atoms with van der Waals surface area (Å²) in [5.41, 5.74) is 3.72. The van der Waals surface area contributed by atoms with Crippen LogP contribution in [0.15, 0.2) is 47.4 Å². The summed E-state index contributed by atoms with van der Waals surface area (Å²) in [4.78, 5) is 12.1. The molecule has 0 heterocycles. The average molecular weight is 346 g/mol. The second-order valence-electron chi connectivity index (χ2n) is 5.80. The number of aryl methyl sites for hydroxylation is 3. The van der Waals surface area contributed by atoms with Gasteiger partial charge in [0.15, 0.2) is 0 Å². The molecule has 0 saturated carbocycles. The fraction of sp³-hybridized carbons (Fsp3) is 0.278. The first kappa shape index (κ1) is 18.2. The maximum atomic E-state index is 12.3. The SMILES string of the molecule is Cc1ccc(S(=O)(=O)NCC(=O)NCc2ccccc2C)c(C)c1. The predicted octanol–water partition coefficient (Wildman–Crippen LogP) is 2.21. The molecule has 24 heavy (non-hydrogen) atoms. The van der Waals surface area contributed by atoms with Crippen molar-refractivity contribution >= 4 is 15.9 Å². The lowest BCUT2D eigenvalue weighted by molar-refractivity contribution is -0.120. The molecule has 0 spiro atoms. The number of carbonyl (C=O) groups is 1. The normalized spacial score (nSPS) is 11.3. The van der Waals surface area contributed by atoms with Gasteiger partial charge in [0.2, 0.25) is 15.9 Å². The summed E-state index contributed by atoms with van der Waals surface area (Å²) in [6.45, 7) is 5.68. The van der Waals surface area contributed by atoms with Gasteiger partial charge in [-0.25, -0.2) is 13.1 Å². The average Bonchev–Trinajstić information content (AvgIpc) is 2.52. The van der Waals surface area contributed by atoms with Gasteiger partial charge in [-0.3, -0.25) is 4.79 Å². The van der Waals surface area contributed by atoms with Crippen molar-refractivity contribution < 1.29 is 13.2 Å². The summed E-state index contributed by atoms with van der Waals surface area (Å²) in [7, 11) is -3.70. The molecular formula is C18H22N2O3S. The van der Waals surface area contributed by atoms with E-state index in [1.54, 1.807) is 25.1 Å². The van der Waals surface area contributed by atoms with E-state index in [0.717, 1.165) is 16.7 Å². The molecule has 0 radical (unpaired) electrons. The molecule has 5 nitrogen and oxygen atoms in total. The van der Waals surface area contributed by atoms with E-state index in [1.807, 2.05) is 38.1 Å². The molecule has 0 saturated heterocycles. The van der Waals surface area contributed by atoms with Crippen LogP contribution in [0.3, 0.4) is 0 Å². The lowest BCUT2D eigenvalue weighted by Gasteiger charge is -2.11. The van der Waals surface area contributed by atoms with E-state index in [4.69, 9.17) is 0 Å². The molecule has 0 bridgehead atoms. The Morgan fingerprint density at radius 1 is 1.00 bits per heavy atom. The molecule has 0 unspecified atom stereocenters. The van der Waals surface area contributed by atoms with Crippen LogP contribution in [0.4, 0.5) is 0 Å². The molecule has 1 amide bonds. The van der Waals surface area contributed by atoms with Crippen molar-refractivity contribution in [3.8, 4) is 0 Å². The molecule has 0 fully saturated rings. The van der Waals surface area contributed by atoms with Crippen LogP contribution < -0.4 is 10.0 Å². The van der Waals surface area contributed by atoms with Crippen LogP contribution in [0, 0.1) is 20.8 Å². The maximum absolute atomic E-state index is 12.3. The number of rotatable bonds is 6. The number of carbonyl (C=O) groups excluding carboxylic acids is 1. The van der Waals surface area contributed by atoms with Crippen LogP contribution in [-0.4, -0.2) is 20.9 Å². The molecule has 2 rings (SSSR count). The monoisotopic (exact) mass is 346 g/mol. The third-order valence-electron chi connectivity index (χ3n) is 3.78. The van der Waals surface area contributed by atoms with E-state index >= 15 is 0 Å². The van der Waals surface area contributed by atoms with Crippen molar-refractivity contribution in [2.24, 2.45) is 0 Å². The highest BCUT2D eigenvalue weighted by Crippen LogP contribution is 2.16. The Bertz CT molecular complexity index is 845. The molecule has 6 heteroatoms. The topological polar surface area (TPSA) is 75.3 Å². The van der Waals surface area contributed by atoms with Gasteiger partial charge in [0.1, 0.15) is 0 Å². The molecule has 0 aliphatic heterocycles. The smallest absolute Gasteiger partial charge is 0.241 e. The zero-order chi connectivity index (χ0) is 17.7. The minimum atomic E-state index is -3.70. The molecule has 2 N–H and O–H groups in total. The Morgan fingerprint density at radius 3 is 2.38 bits per heavy atom. The first-order chi connectivity index (χ1) is 11.3. The molecule has 2 aromatic rings. The fourth-order valence-electron chi connectivity index (χ4n) is 2.40. The molecule has 0 aliphatic carbocycles. The number of sulfonamides is 1. The summed E-state index contributed by atoms with van der Waals surface area (Å²) >= 11 is 0. The van der Waals surface area contributed by atoms with E-state index in [1.165, 1.54) is 0 Å². The molecule has 0 atom stereocenters. The van der Waals surface area contributed by atoms with Gasteiger partial charge in [-0.15, -0.1) is 0 Å². The fourth-order valence-corrected chi connectivity index (χ4v) is 3.61. The Morgan fingerprint density at radius 2 is 1.71 bits per heavy atom. The molecule has 0 aromatic heterocycles. The van der Waals surface area contributed by atoms with Gasteiger partial charge in [0, 0.05) is 6.54 Å². The number of hydrogen-bond donors (Lipinski definition) is 2. The number of hydrogen-bond acceptors (Lipinski definition) is 3. The van der Waals surface area contributed by atoms with Crippen LogP contribution in [0.25, 0.3) is 0 Å². The zero-order valence-electron chi connectivity index (χ0n) is 14.1. The Labute approximate surface area is 143 Å². The van der Waals surface area contributed by atoms with Crippen molar-refractivity contribution in [1.82, 2.24) is 10.0 Å². The highest BCUT2D eigenvalue weighted by molar-refractivity contribution is 7.89. The van der Waals surface area contributed by atoms with Gasteiger partial charge in [-0.2, -0.15) is 0 Å². The number of amides is 1.